The normalized spacial score (nSPS) is 12.0. The minimum Gasteiger partial charge on any atom is -0.325 e. The highest BCUT2D eigenvalue weighted by atomic mass is 32.2. The van der Waals surface area contributed by atoms with E-state index in [0.29, 0.717) is 12.8 Å². The number of hydrogen-bond donors (Lipinski definition) is 1. The topological polar surface area (TPSA) is 63.2 Å². The molecular weight excluding hydrogens is 367 g/mol. The van der Waals surface area contributed by atoms with Crippen LogP contribution in [0.2, 0.25) is 0 Å². The molecule has 4 nitrogen and oxygen atoms in total. The van der Waals surface area contributed by atoms with E-state index < -0.39 is 33.2 Å². The van der Waals surface area contributed by atoms with Crippen LogP contribution in [0.5, 0.6) is 0 Å². The lowest BCUT2D eigenvalue weighted by molar-refractivity contribution is -0.137. The highest BCUT2D eigenvalue weighted by Gasteiger charge is 2.30. The number of carbonyl (C=O) groups is 1. The Morgan fingerprint density at radius 1 is 0.962 bits per heavy atom. The van der Waals surface area contributed by atoms with E-state index in [0.717, 1.165) is 29.8 Å². The monoisotopic (exact) mass is 385 g/mol. The van der Waals surface area contributed by atoms with E-state index in [1.54, 1.807) is 0 Å². The van der Waals surface area contributed by atoms with Crippen LogP contribution in [-0.4, -0.2) is 25.8 Å². The minimum absolute atomic E-state index is 0.113. The minimum atomic E-state index is -4.47. The van der Waals surface area contributed by atoms with Crippen LogP contribution in [0.4, 0.5) is 18.9 Å². The summed E-state index contributed by atoms with van der Waals surface area (Å²) < 4.78 is 61.4. The summed E-state index contributed by atoms with van der Waals surface area (Å²) in [6.07, 6.45) is -3.49. The lowest BCUT2D eigenvalue weighted by Gasteiger charge is -2.09. The summed E-state index contributed by atoms with van der Waals surface area (Å²) in [6.45, 7) is 0. The molecule has 0 heterocycles. The van der Waals surface area contributed by atoms with Gasteiger partial charge in [0.2, 0.25) is 5.91 Å². The average Bonchev–Trinajstić information content (AvgIpc) is 2.54. The van der Waals surface area contributed by atoms with Crippen LogP contribution < -0.4 is 5.32 Å². The zero-order valence-electron chi connectivity index (χ0n) is 13.8. The van der Waals surface area contributed by atoms with Gasteiger partial charge in [0.1, 0.15) is 5.75 Å². The number of amides is 1. The lowest BCUT2D eigenvalue weighted by atomic mass is 10.1. The number of benzene rings is 2. The third-order valence-electron chi connectivity index (χ3n) is 3.61. The van der Waals surface area contributed by atoms with Gasteiger partial charge in [-0.15, -0.1) is 0 Å². The van der Waals surface area contributed by atoms with E-state index in [1.807, 2.05) is 30.3 Å². The highest BCUT2D eigenvalue weighted by molar-refractivity contribution is 7.92. The zero-order valence-corrected chi connectivity index (χ0v) is 14.6. The number of alkyl halides is 3. The summed E-state index contributed by atoms with van der Waals surface area (Å²) in [6, 6.07) is 13.2. The van der Waals surface area contributed by atoms with Crippen molar-refractivity contribution in [1.82, 2.24) is 0 Å². The number of halogens is 3. The molecule has 2 aromatic carbocycles. The summed E-state index contributed by atoms with van der Waals surface area (Å²) in [7, 11) is -3.59. The molecule has 1 amide bonds. The van der Waals surface area contributed by atoms with Crippen LogP contribution in [0.15, 0.2) is 54.6 Å². The van der Waals surface area contributed by atoms with Crippen LogP contribution in [0.3, 0.4) is 0 Å². The first kappa shape index (κ1) is 20.0. The fourth-order valence-electron chi connectivity index (χ4n) is 2.35. The molecular formula is C18H18F3NO3S. The van der Waals surface area contributed by atoms with Gasteiger partial charge in [0.15, 0.2) is 9.84 Å². The predicted octanol–water partition coefficient (Wildman–Crippen LogP) is 3.69. The Labute approximate surface area is 150 Å². The molecule has 0 aliphatic carbocycles. The number of hydrogen-bond acceptors (Lipinski definition) is 3. The second-order valence-electron chi connectivity index (χ2n) is 5.80. The van der Waals surface area contributed by atoms with Crippen molar-refractivity contribution in [1.29, 1.82) is 0 Å². The highest BCUT2D eigenvalue weighted by Crippen LogP contribution is 2.29. The van der Waals surface area contributed by atoms with Crippen LogP contribution >= 0.6 is 0 Å². The smallest absolute Gasteiger partial charge is 0.325 e. The van der Waals surface area contributed by atoms with Crippen molar-refractivity contribution in [2.45, 2.75) is 19.0 Å². The second kappa shape index (κ2) is 8.35. The van der Waals surface area contributed by atoms with Crippen molar-refractivity contribution in [3.05, 3.63) is 65.7 Å². The van der Waals surface area contributed by atoms with Gasteiger partial charge in [-0.05, 0) is 42.7 Å². The Morgan fingerprint density at radius 2 is 1.58 bits per heavy atom. The molecule has 0 spiro atoms. The van der Waals surface area contributed by atoms with Crippen molar-refractivity contribution >= 4 is 21.4 Å². The standard InChI is InChI=1S/C18H18F3NO3S/c19-18(20,21)15-8-10-16(11-9-15)22-17(23)13-26(24,25)12-4-7-14-5-2-1-3-6-14/h1-3,5-6,8-11H,4,7,12-13H2,(H,22,23). The largest absolute Gasteiger partial charge is 0.416 e. The first-order valence-corrected chi connectivity index (χ1v) is 9.69. The summed E-state index contributed by atoms with van der Waals surface area (Å²) in [4.78, 5) is 11.8. The zero-order chi connectivity index (χ0) is 19.2. The van der Waals surface area contributed by atoms with Gasteiger partial charge in [0.25, 0.3) is 0 Å². The van der Waals surface area contributed by atoms with Gasteiger partial charge in [-0.3, -0.25) is 4.79 Å². The van der Waals surface area contributed by atoms with E-state index >= 15 is 0 Å². The molecule has 26 heavy (non-hydrogen) atoms. The van der Waals surface area contributed by atoms with Crippen LogP contribution in [0.25, 0.3) is 0 Å². The molecule has 2 rings (SSSR count). The molecule has 1 N–H and O–H groups in total. The van der Waals surface area contributed by atoms with E-state index in [4.69, 9.17) is 0 Å². The van der Waals surface area contributed by atoms with Crippen molar-refractivity contribution in [2.24, 2.45) is 0 Å². The number of sulfone groups is 1. The predicted molar refractivity (Wildman–Crippen MR) is 93.5 cm³/mol. The van der Waals surface area contributed by atoms with Crippen LogP contribution in [0.1, 0.15) is 17.5 Å². The molecule has 0 atom stereocenters. The number of nitrogens with one attached hydrogen (secondary N) is 1. The van der Waals surface area contributed by atoms with Crippen molar-refractivity contribution in [2.75, 3.05) is 16.8 Å². The van der Waals surface area contributed by atoms with Crippen LogP contribution in [-0.2, 0) is 27.2 Å². The first-order chi connectivity index (χ1) is 12.2. The van der Waals surface area contributed by atoms with Crippen molar-refractivity contribution in [3.63, 3.8) is 0 Å². The molecule has 0 aliphatic rings. The molecule has 0 saturated carbocycles. The summed E-state index contributed by atoms with van der Waals surface area (Å²) >= 11 is 0. The maximum Gasteiger partial charge on any atom is 0.416 e. The summed E-state index contributed by atoms with van der Waals surface area (Å²) in [5.74, 6) is -1.62. The van der Waals surface area contributed by atoms with Gasteiger partial charge in [-0.2, -0.15) is 13.2 Å². The number of carbonyl (C=O) groups excluding carboxylic acids is 1. The third-order valence-corrected chi connectivity index (χ3v) is 5.22. The number of anilines is 1. The number of aryl methyl sites for hydroxylation is 1. The van der Waals surface area contributed by atoms with Gasteiger partial charge >= 0.3 is 6.18 Å². The Hall–Kier alpha value is -2.35. The van der Waals surface area contributed by atoms with Gasteiger partial charge < -0.3 is 5.32 Å². The maximum atomic E-state index is 12.5. The van der Waals surface area contributed by atoms with Crippen LogP contribution in [0, 0.1) is 0 Å². The Balaban J connectivity index is 1.84. The maximum absolute atomic E-state index is 12.5. The summed E-state index contributed by atoms with van der Waals surface area (Å²) in [5.41, 5.74) is 0.281. The van der Waals surface area contributed by atoms with Crippen molar-refractivity contribution < 1.29 is 26.4 Å². The van der Waals surface area contributed by atoms with Gasteiger partial charge in [-0.25, -0.2) is 8.42 Å². The molecule has 2 aromatic rings. The molecule has 0 unspecified atom stereocenters. The Kier molecular flexibility index (Phi) is 6.42. The molecule has 0 saturated heterocycles. The second-order valence-corrected chi connectivity index (χ2v) is 7.99. The Morgan fingerprint density at radius 3 is 2.15 bits per heavy atom. The fourth-order valence-corrected chi connectivity index (χ4v) is 3.55. The first-order valence-electron chi connectivity index (χ1n) is 7.87. The van der Waals surface area contributed by atoms with E-state index in [-0.39, 0.29) is 11.4 Å². The van der Waals surface area contributed by atoms with Gasteiger partial charge in [-0.1, -0.05) is 30.3 Å². The van der Waals surface area contributed by atoms with E-state index in [9.17, 15) is 26.4 Å². The SMILES string of the molecule is O=C(CS(=O)(=O)CCCc1ccccc1)Nc1ccc(C(F)(F)F)cc1. The molecule has 0 aliphatic heterocycles. The van der Waals surface area contributed by atoms with E-state index in [2.05, 4.69) is 5.32 Å². The summed E-state index contributed by atoms with van der Waals surface area (Å²) in [5, 5.41) is 2.30. The fraction of sp³-hybridized carbons (Fsp3) is 0.278. The third kappa shape index (κ3) is 6.51. The average molecular weight is 385 g/mol. The molecule has 0 aromatic heterocycles. The molecule has 0 bridgehead atoms. The quantitative estimate of drug-likeness (QED) is 0.791. The molecule has 140 valence electrons. The number of rotatable bonds is 7. The van der Waals surface area contributed by atoms with Gasteiger partial charge in [0, 0.05) is 5.69 Å². The molecule has 0 radical (unpaired) electrons. The Bertz CT molecular complexity index is 832. The van der Waals surface area contributed by atoms with E-state index in [1.165, 1.54) is 0 Å². The van der Waals surface area contributed by atoms with Gasteiger partial charge in [0.05, 0.1) is 11.3 Å². The molecule has 8 heteroatoms. The van der Waals surface area contributed by atoms with Crippen molar-refractivity contribution in [3.8, 4) is 0 Å². The lowest BCUT2D eigenvalue weighted by Crippen LogP contribution is -2.25. The molecule has 0 fully saturated rings.